The van der Waals surface area contributed by atoms with Gasteiger partial charge in [0, 0.05) is 24.4 Å². The van der Waals surface area contributed by atoms with Gasteiger partial charge in [0.2, 0.25) is 6.10 Å². The van der Waals surface area contributed by atoms with Crippen LogP contribution in [0.5, 0.6) is 0 Å². The number of hydrogen-bond acceptors (Lipinski definition) is 11. The van der Waals surface area contributed by atoms with Crippen LogP contribution >= 0.6 is 34.7 Å². The summed E-state index contributed by atoms with van der Waals surface area (Å²) in [5.74, 6) is -3.90. The first-order valence-corrected chi connectivity index (χ1v) is 14.1. The van der Waals surface area contributed by atoms with Gasteiger partial charge in [0.05, 0.1) is 0 Å². The monoisotopic (exact) mass is 621 g/mol. The van der Waals surface area contributed by atoms with E-state index < -0.39 is 47.0 Å². The van der Waals surface area contributed by atoms with Crippen molar-refractivity contribution in [2.45, 2.75) is 31.0 Å². The summed E-state index contributed by atoms with van der Waals surface area (Å²) < 4.78 is 3.56. The van der Waals surface area contributed by atoms with E-state index in [2.05, 4.69) is 20.6 Å². The molecule has 0 aromatic carbocycles. The number of amides is 2. The molecule has 0 spiro atoms. The molecule has 18 heteroatoms. The van der Waals surface area contributed by atoms with Gasteiger partial charge >= 0.3 is 11.9 Å². The van der Waals surface area contributed by atoms with E-state index in [0.717, 1.165) is 27.3 Å². The summed E-state index contributed by atoms with van der Waals surface area (Å²) in [6.07, 6.45) is 2.08. The van der Waals surface area contributed by atoms with Crippen LogP contribution in [0.3, 0.4) is 0 Å². The van der Waals surface area contributed by atoms with E-state index in [9.17, 15) is 24.3 Å². The third kappa shape index (κ3) is 5.18. The Hall–Kier alpha value is -4.22. The molecular weight excluding hydrogens is 600 g/mol. The number of aryl methyl sites for hydroxylation is 1. The van der Waals surface area contributed by atoms with Crippen molar-refractivity contribution in [1.82, 2.24) is 25.0 Å². The van der Waals surface area contributed by atoms with Gasteiger partial charge in [0.15, 0.2) is 23.6 Å². The Morgan fingerprint density at radius 1 is 1.39 bits per heavy atom. The molecule has 5 rings (SSSR count). The summed E-state index contributed by atoms with van der Waals surface area (Å²) in [4.78, 5) is 60.0. The smallest absolute Gasteiger partial charge is 0.352 e. The predicted molar refractivity (Wildman–Crippen MR) is 147 cm³/mol. The molecule has 5 heterocycles. The van der Waals surface area contributed by atoms with Crippen LogP contribution in [0.4, 0.5) is 5.13 Å². The maximum atomic E-state index is 13.2. The first-order chi connectivity index (χ1) is 19.5. The first-order valence-electron chi connectivity index (χ1n) is 11.9. The number of carbonyl (C=O) groups is 4. The Balaban J connectivity index is 1.39. The van der Waals surface area contributed by atoms with Gasteiger partial charge in [-0.05, 0) is 13.0 Å². The third-order valence-electron chi connectivity index (χ3n) is 6.38. The number of carboxylic acid groups (broad SMARTS) is 2. The zero-order valence-corrected chi connectivity index (χ0v) is 23.7. The van der Waals surface area contributed by atoms with E-state index in [0.29, 0.717) is 5.57 Å². The lowest BCUT2D eigenvalue weighted by atomic mass is 10.0. The molecule has 2 aliphatic rings. The SMILES string of the molecule is C[C@H](O/N=C(\C(=O)N[C@@H]1C(=O)N2C(C(=O)O)=C(C[n+]3cccc4c3cnn4C)CSC12)c1nc(N)sc1Cl)C(=O)O. The Morgan fingerprint density at radius 3 is 2.80 bits per heavy atom. The third-order valence-corrected chi connectivity index (χ3v) is 8.81. The highest BCUT2D eigenvalue weighted by atomic mass is 35.5. The molecule has 1 fully saturated rings. The molecule has 3 aromatic heterocycles. The number of oxime groups is 1. The second-order valence-electron chi connectivity index (χ2n) is 8.99. The van der Waals surface area contributed by atoms with Crippen molar-refractivity contribution < 1.29 is 38.8 Å². The molecule has 41 heavy (non-hydrogen) atoms. The highest BCUT2D eigenvalue weighted by Gasteiger charge is 2.55. The summed E-state index contributed by atoms with van der Waals surface area (Å²) in [7, 11) is 1.80. The number of anilines is 1. The number of aliphatic carboxylic acids is 2. The van der Waals surface area contributed by atoms with Crippen LogP contribution < -0.4 is 15.6 Å². The van der Waals surface area contributed by atoms with Gasteiger partial charge in [-0.1, -0.05) is 28.1 Å². The van der Waals surface area contributed by atoms with Crippen molar-refractivity contribution in [1.29, 1.82) is 0 Å². The molecule has 0 radical (unpaired) electrons. The maximum absolute atomic E-state index is 13.2. The average Bonchev–Trinajstić information content (AvgIpc) is 3.47. The van der Waals surface area contributed by atoms with Crippen LogP contribution in [0.2, 0.25) is 4.34 Å². The highest BCUT2D eigenvalue weighted by Crippen LogP contribution is 2.40. The van der Waals surface area contributed by atoms with Crippen LogP contribution in [0.15, 0.2) is 41.0 Å². The van der Waals surface area contributed by atoms with Crippen LogP contribution in [0.25, 0.3) is 11.0 Å². The number of carboxylic acids is 2. The van der Waals surface area contributed by atoms with Crippen molar-refractivity contribution in [3.8, 4) is 0 Å². The standard InChI is InChI=1S/C23H21ClN8O7S2/c1-9(21(35)36)39-29-14(13-17(24)41-23(25)28-13)18(33)27-15-19(34)32-16(22(37)38)10(8-40-20(15)32)7-31-5-3-4-11-12(31)6-26-30(11)2/h3-6,9,15,20H,7-8H2,1-2H3,(H4-,25,27,28,33,35,36,37,38)/p+1/b29-14-/t9-,15+,20?/m0/s1. The van der Waals surface area contributed by atoms with Crippen LogP contribution in [-0.4, -0.2) is 82.6 Å². The topological polar surface area (TPSA) is 206 Å². The number of nitrogens with two attached hydrogens (primary N) is 1. The molecule has 0 aliphatic carbocycles. The summed E-state index contributed by atoms with van der Waals surface area (Å²) in [5.41, 5.74) is 7.06. The second kappa shape index (κ2) is 11.0. The summed E-state index contributed by atoms with van der Waals surface area (Å²) in [5, 5.41) is 28.9. The van der Waals surface area contributed by atoms with Crippen molar-refractivity contribution in [3.05, 3.63) is 45.8 Å². The molecule has 0 bridgehead atoms. The quantitative estimate of drug-likeness (QED) is 0.110. The molecule has 214 valence electrons. The number of aromatic nitrogens is 4. The minimum atomic E-state index is -1.40. The molecular formula is C23H22ClN8O7S2+. The lowest BCUT2D eigenvalue weighted by Gasteiger charge is -2.49. The van der Waals surface area contributed by atoms with Crippen molar-refractivity contribution in [2.75, 3.05) is 11.5 Å². The number of hydrogen-bond donors (Lipinski definition) is 4. The number of β-lactam (4-membered cyclic amide) rings is 1. The number of fused-ring (bicyclic) bond motifs is 2. The Kier molecular flexibility index (Phi) is 7.58. The summed E-state index contributed by atoms with van der Waals surface area (Å²) in [6, 6.07) is 2.61. The van der Waals surface area contributed by atoms with Crippen LogP contribution in [0.1, 0.15) is 12.6 Å². The van der Waals surface area contributed by atoms with E-state index in [1.807, 2.05) is 16.7 Å². The minimum Gasteiger partial charge on any atom is -0.478 e. The number of pyridine rings is 1. The van der Waals surface area contributed by atoms with Gasteiger partial charge in [-0.2, -0.15) is 9.67 Å². The van der Waals surface area contributed by atoms with Crippen LogP contribution in [-0.2, 0) is 37.6 Å². The number of rotatable bonds is 9. The normalized spacial score (nSPS) is 19.5. The number of thiazole rings is 1. The van der Waals surface area contributed by atoms with E-state index >= 15 is 0 Å². The fraction of sp³-hybridized carbons (Fsp3) is 0.304. The molecule has 5 N–H and O–H groups in total. The van der Waals surface area contributed by atoms with E-state index in [4.69, 9.17) is 27.3 Å². The maximum Gasteiger partial charge on any atom is 0.352 e. The van der Waals surface area contributed by atoms with E-state index in [-0.39, 0.29) is 33.2 Å². The number of carbonyl (C=O) groups excluding carboxylic acids is 2. The Morgan fingerprint density at radius 2 is 2.15 bits per heavy atom. The average molecular weight is 622 g/mol. The van der Waals surface area contributed by atoms with Crippen molar-refractivity contribution >= 4 is 80.3 Å². The van der Waals surface area contributed by atoms with Gasteiger partial charge in [-0.3, -0.25) is 19.2 Å². The molecule has 15 nitrogen and oxygen atoms in total. The zero-order valence-electron chi connectivity index (χ0n) is 21.3. The number of nitrogens with zero attached hydrogens (tertiary/aromatic N) is 6. The van der Waals surface area contributed by atoms with Gasteiger partial charge in [-0.15, -0.1) is 11.8 Å². The lowest BCUT2D eigenvalue weighted by Crippen LogP contribution is -2.71. The van der Waals surface area contributed by atoms with Gasteiger partial charge in [0.25, 0.3) is 17.3 Å². The van der Waals surface area contributed by atoms with Crippen molar-refractivity contribution in [2.24, 2.45) is 12.2 Å². The molecule has 3 atom stereocenters. The minimum absolute atomic E-state index is 0.00143. The predicted octanol–water partition coefficient (Wildman–Crippen LogP) is 0.186. The summed E-state index contributed by atoms with van der Waals surface area (Å²) in [6.45, 7) is 1.42. The summed E-state index contributed by atoms with van der Waals surface area (Å²) >= 11 is 8.30. The molecule has 2 aliphatic heterocycles. The number of nitrogens with one attached hydrogen (secondary N) is 1. The highest BCUT2D eigenvalue weighted by molar-refractivity contribution is 8.00. The van der Waals surface area contributed by atoms with Crippen molar-refractivity contribution in [3.63, 3.8) is 0 Å². The zero-order chi connectivity index (χ0) is 29.6. The number of nitrogen functional groups attached to an aromatic ring is 1. The van der Waals surface area contributed by atoms with Gasteiger partial charge in [0.1, 0.15) is 38.9 Å². The molecule has 3 aromatic rings. The molecule has 1 saturated heterocycles. The van der Waals surface area contributed by atoms with E-state index in [1.54, 1.807) is 24.1 Å². The first kappa shape index (κ1) is 28.3. The largest absolute Gasteiger partial charge is 0.478 e. The second-order valence-corrected chi connectivity index (χ2v) is 11.7. The van der Waals surface area contributed by atoms with Crippen LogP contribution in [0, 0.1) is 0 Å². The van der Waals surface area contributed by atoms with Gasteiger partial charge < -0.3 is 26.1 Å². The lowest BCUT2D eigenvalue weighted by molar-refractivity contribution is -0.663. The molecule has 2 amide bonds. The van der Waals surface area contributed by atoms with E-state index in [1.165, 1.54) is 18.7 Å². The fourth-order valence-electron chi connectivity index (χ4n) is 4.36. The molecule has 1 unspecified atom stereocenters. The number of halogens is 1. The Labute approximate surface area is 244 Å². The molecule has 0 saturated carbocycles. The number of thioether (sulfide) groups is 1. The fourth-order valence-corrected chi connectivity index (χ4v) is 6.62. The Bertz CT molecular complexity index is 1670. The van der Waals surface area contributed by atoms with Gasteiger partial charge in [-0.25, -0.2) is 14.6 Å².